The molecule has 257 valence electrons. The zero-order valence-electron chi connectivity index (χ0n) is 32.2. The minimum atomic E-state index is -1.72. The van der Waals surface area contributed by atoms with Crippen molar-refractivity contribution in [1.29, 1.82) is 0 Å². The second kappa shape index (κ2) is 15.9. The zero-order chi connectivity index (χ0) is 36.6. The normalized spacial score (nSPS) is 12.6. The van der Waals surface area contributed by atoms with Gasteiger partial charge in [0, 0.05) is 33.7 Å². The quantitative estimate of drug-likeness (QED) is 0.123. The van der Waals surface area contributed by atoms with Crippen molar-refractivity contribution in [2.75, 3.05) is 0 Å². The zero-order valence-corrected chi connectivity index (χ0v) is 35.5. The fourth-order valence-corrected chi connectivity index (χ4v) is 9.23. The van der Waals surface area contributed by atoms with Crippen molar-refractivity contribution in [3.8, 4) is 33.6 Å². The fraction of sp³-hybridized carbons (Fsp3) is 0.244. The van der Waals surface area contributed by atoms with E-state index in [0.29, 0.717) is 5.56 Å². The maximum absolute atomic E-state index is 8.52. The van der Waals surface area contributed by atoms with Crippen LogP contribution in [0.15, 0.2) is 116 Å². The molecule has 0 aliphatic rings. The van der Waals surface area contributed by atoms with Crippen molar-refractivity contribution >= 4 is 49.2 Å². The second-order valence-corrected chi connectivity index (χ2v) is 26.6. The van der Waals surface area contributed by atoms with Crippen LogP contribution in [0.4, 0.5) is 0 Å². The summed E-state index contributed by atoms with van der Waals surface area (Å²) in [6.07, 6.45) is 2.34. The molecular weight excluding hydrogens is 865 g/mol. The molecule has 7 rings (SSSR count). The van der Waals surface area contributed by atoms with Gasteiger partial charge in [-0.25, -0.2) is 0 Å². The summed E-state index contributed by atoms with van der Waals surface area (Å²) in [4.78, 5) is 9.14. The van der Waals surface area contributed by atoms with E-state index in [1.807, 2.05) is 56.4 Å². The molecule has 0 aliphatic heterocycles. The third kappa shape index (κ3) is 8.90. The number of nitrogens with zero attached hydrogens (tertiary/aromatic N) is 2. The van der Waals surface area contributed by atoms with Gasteiger partial charge < -0.3 is 4.98 Å². The average molecular weight is 914 g/mol. The van der Waals surface area contributed by atoms with Crippen LogP contribution in [0.25, 0.3) is 53.8 Å². The number of hydrogen-bond donors (Lipinski definition) is 0. The monoisotopic (exact) mass is 915 g/mol. The SMILES string of the molecule is [2H]C([2H])(c1ccnc(-c2[c-]ccc3c2sc2cc(-c4ccc(C(C)(C)C)cc4)ccc23)c1)C(C)C.[CH3][Ge]([CH3])([CH3])[c]1ccc(-c2[c-]cccc2)nc1.[Ir]. The van der Waals surface area contributed by atoms with E-state index in [1.54, 1.807) is 23.6 Å². The van der Waals surface area contributed by atoms with Gasteiger partial charge in [-0.05, 0) is 62.3 Å². The van der Waals surface area contributed by atoms with Crippen LogP contribution in [0.2, 0.25) is 17.3 Å². The van der Waals surface area contributed by atoms with Gasteiger partial charge in [0.1, 0.15) is 0 Å². The summed E-state index contributed by atoms with van der Waals surface area (Å²) in [5.74, 6) is 7.01. The van der Waals surface area contributed by atoms with Crippen molar-refractivity contribution in [2.45, 2.75) is 63.7 Å². The molecule has 0 fully saturated rings. The number of thiophene rings is 1. The summed E-state index contributed by atoms with van der Waals surface area (Å²) in [6, 6.07) is 42.2. The van der Waals surface area contributed by atoms with Crippen LogP contribution >= 0.6 is 11.3 Å². The third-order valence-corrected chi connectivity index (χ3v) is 14.0. The summed E-state index contributed by atoms with van der Waals surface area (Å²) < 4.78 is 20.8. The molecule has 4 aromatic carbocycles. The molecule has 5 heteroatoms. The standard InChI is InChI=1S/C31H30NS.C14H16GeN.Ir/c1-20(2)17-21-15-16-32-28(18-21)27-8-6-7-26-25-14-11-23(19-29(25)33-30(26)27)22-9-12-24(13-10-22)31(3,4)5;1-15(2,3)13-9-10-14(16-11-13)12-7-5-4-6-8-12;/h6-7,9-16,18-20H,17H2,1-5H3;4-7,9-11H,1-3H3;/q2*-1;/i17D2;;. The molecule has 0 bridgehead atoms. The fourth-order valence-electron chi connectivity index (χ4n) is 5.81. The number of aromatic nitrogens is 2. The molecule has 0 aliphatic carbocycles. The molecule has 7 aromatic rings. The van der Waals surface area contributed by atoms with Gasteiger partial charge in [0.15, 0.2) is 0 Å². The molecule has 3 heterocycles. The van der Waals surface area contributed by atoms with Crippen molar-refractivity contribution < 1.29 is 22.8 Å². The van der Waals surface area contributed by atoms with E-state index in [2.05, 4.69) is 121 Å². The summed E-state index contributed by atoms with van der Waals surface area (Å²) >= 11 is 0.0381. The van der Waals surface area contributed by atoms with E-state index in [0.717, 1.165) is 27.2 Å². The predicted molar refractivity (Wildman–Crippen MR) is 216 cm³/mol. The summed E-state index contributed by atoms with van der Waals surface area (Å²) in [6.45, 7) is 10.5. The molecule has 2 nitrogen and oxygen atoms in total. The molecule has 0 N–H and O–H groups in total. The van der Waals surface area contributed by atoms with Gasteiger partial charge in [0.2, 0.25) is 0 Å². The molecule has 50 heavy (non-hydrogen) atoms. The Morgan fingerprint density at radius 1 is 0.780 bits per heavy atom. The van der Waals surface area contributed by atoms with Gasteiger partial charge in [-0.1, -0.05) is 88.0 Å². The number of pyridine rings is 2. The third-order valence-electron chi connectivity index (χ3n) is 8.60. The largest absolute Gasteiger partial charge is 0 e. The van der Waals surface area contributed by atoms with Gasteiger partial charge in [-0.2, -0.15) is 11.3 Å². The molecule has 0 atom stereocenters. The molecule has 1 radical (unpaired) electrons. The van der Waals surface area contributed by atoms with Crippen LogP contribution in [-0.2, 0) is 31.9 Å². The Kier molecular flexibility index (Phi) is 11.1. The number of hydrogen-bond acceptors (Lipinski definition) is 3. The van der Waals surface area contributed by atoms with E-state index >= 15 is 0 Å². The Labute approximate surface area is 322 Å². The smallest absolute Gasteiger partial charge is 0 e. The van der Waals surface area contributed by atoms with E-state index < -0.39 is 19.6 Å². The molecular formula is C45H46GeIrN2S-2. The summed E-state index contributed by atoms with van der Waals surface area (Å²) in [5.41, 5.74) is 8.33. The van der Waals surface area contributed by atoms with Gasteiger partial charge in [-0.15, -0.1) is 23.8 Å². The first-order valence-electron chi connectivity index (χ1n) is 18.0. The average Bonchev–Trinajstić information content (AvgIpc) is 3.50. The maximum Gasteiger partial charge on any atom is 0 e. The van der Waals surface area contributed by atoms with Gasteiger partial charge in [0.05, 0.1) is 0 Å². The van der Waals surface area contributed by atoms with E-state index in [4.69, 9.17) is 2.74 Å². The van der Waals surface area contributed by atoms with Crippen molar-refractivity contribution in [2.24, 2.45) is 5.92 Å². The Morgan fingerprint density at radius 2 is 1.54 bits per heavy atom. The minimum absolute atomic E-state index is 0. The molecule has 0 saturated heterocycles. The molecule has 0 saturated carbocycles. The van der Waals surface area contributed by atoms with Crippen LogP contribution in [0.1, 0.15) is 48.5 Å². The van der Waals surface area contributed by atoms with Crippen LogP contribution in [0, 0.1) is 18.1 Å². The Bertz CT molecular complexity index is 2270. The molecule has 0 spiro atoms. The topological polar surface area (TPSA) is 25.8 Å². The van der Waals surface area contributed by atoms with Crippen LogP contribution in [0.5, 0.6) is 0 Å². The summed E-state index contributed by atoms with van der Waals surface area (Å²) in [7, 11) is 0. The van der Waals surface area contributed by atoms with Gasteiger partial charge >= 0.3 is 99.8 Å². The van der Waals surface area contributed by atoms with Crippen LogP contribution < -0.4 is 4.40 Å². The first-order chi connectivity index (χ1) is 24.1. The molecule has 3 aromatic heterocycles. The van der Waals surface area contributed by atoms with E-state index in [1.165, 1.54) is 36.6 Å². The Balaban J connectivity index is 0.000000258. The Hall–Kier alpha value is -3.41. The number of rotatable bonds is 6. The second-order valence-electron chi connectivity index (χ2n) is 14.9. The first kappa shape index (κ1) is 35.0. The number of benzene rings is 4. The van der Waals surface area contributed by atoms with E-state index in [9.17, 15) is 0 Å². The van der Waals surface area contributed by atoms with Gasteiger partial charge in [-0.3, -0.25) is 0 Å². The van der Waals surface area contributed by atoms with Crippen molar-refractivity contribution in [1.82, 2.24) is 9.97 Å². The maximum atomic E-state index is 8.52. The van der Waals surface area contributed by atoms with Crippen molar-refractivity contribution in [3.05, 3.63) is 139 Å². The van der Waals surface area contributed by atoms with Crippen molar-refractivity contribution in [3.63, 3.8) is 0 Å². The van der Waals surface area contributed by atoms with Gasteiger partial charge in [0.25, 0.3) is 0 Å². The summed E-state index contributed by atoms with van der Waals surface area (Å²) in [5, 5.41) is 2.41. The Morgan fingerprint density at radius 3 is 2.18 bits per heavy atom. The molecule has 0 amide bonds. The van der Waals surface area contributed by atoms with Crippen LogP contribution in [-0.4, -0.2) is 23.2 Å². The van der Waals surface area contributed by atoms with Crippen LogP contribution in [0.3, 0.4) is 0 Å². The minimum Gasteiger partial charge on any atom is 0 e. The van der Waals surface area contributed by atoms with E-state index in [-0.39, 0.29) is 31.4 Å². The first-order valence-corrected chi connectivity index (χ1v) is 25.2. The number of fused-ring (bicyclic) bond motifs is 3. The predicted octanol–water partition coefficient (Wildman–Crippen LogP) is 12.2. The molecule has 0 unspecified atom stereocenters.